The fourth-order valence-electron chi connectivity index (χ4n) is 1.53. The van der Waals surface area contributed by atoms with Crippen LogP contribution in [0, 0.1) is 8.70 Å². The fourth-order valence-corrected chi connectivity index (χ4v) is 3.14. The first-order valence-electron chi connectivity index (χ1n) is 4.93. The molecule has 1 atom stereocenters. The van der Waals surface area contributed by atoms with Crippen LogP contribution in [-0.4, -0.2) is 5.11 Å². The van der Waals surface area contributed by atoms with Crippen LogP contribution >= 0.6 is 45.5 Å². The Morgan fingerprint density at radius 1 is 1.47 bits per heavy atom. The summed E-state index contributed by atoms with van der Waals surface area (Å²) in [7, 11) is 0. The Bertz CT molecular complexity index is 529. The highest BCUT2D eigenvalue weighted by Crippen LogP contribution is 2.27. The van der Waals surface area contributed by atoms with Gasteiger partial charge in [0.1, 0.15) is 5.82 Å². The smallest absolute Gasteiger partial charge is 0.145 e. The molecule has 0 aliphatic rings. The lowest BCUT2D eigenvalue weighted by atomic mass is 10.0. The Hall–Kier alpha value is -0.170. The lowest BCUT2D eigenvalue weighted by molar-refractivity contribution is 0.177. The van der Waals surface area contributed by atoms with Crippen molar-refractivity contribution in [1.29, 1.82) is 0 Å². The zero-order valence-electron chi connectivity index (χ0n) is 8.66. The van der Waals surface area contributed by atoms with Crippen molar-refractivity contribution in [3.63, 3.8) is 0 Å². The number of benzene rings is 1. The second-order valence-corrected chi connectivity index (χ2v) is 6.83. The van der Waals surface area contributed by atoms with E-state index in [-0.39, 0.29) is 11.4 Å². The zero-order valence-corrected chi connectivity index (χ0v) is 12.4. The molecule has 0 fully saturated rings. The van der Waals surface area contributed by atoms with Crippen LogP contribution < -0.4 is 0 Å². The van der Waals surface area contributed by atoms with Gasteiger partial charge in [-0.3, -0.25) is 0 Å². The van der Waals surface area contributed by atoms with E-state index in [1.54, 1.807) is 23.5 Å². The summed E-state index contributed by atoms with van der Waals surface area (Å²) in [6.45, 7) is 0. The zero-order chi connectivity index (χ0) is 12.4. The van der Waals surface area contributed by atoms with Gasteiger partial charge in [-0.2, -0.15) is 0 Å². The minimum absolute atomic E-state index is 0.0922. The number of aliphatic hydroxyl groups is 1. The van der Waals surface area contributed by atoms with Gasteiger partial charge in [0.05, 0.1) is 14.0 Å². The second kappa shape index (κ2) is 5.65. The van der Waals surface area contributed by atoms with Crippen molar-refractivity contribution in [3.8, 4) is 0 Å². The van der Waals surface area contributed by atoms with E-state index in [9.17, 15) is 9.50 Å². The third-order valence-electron chi connectivity index (χ3n) is 2.42. The van der Waals surface area contributed by atoms with Gasteiger partial charge in [-0.15, -0.1) is 11.3 Å². The third kappa shape index (κ3) is 3.19. The first-order chi connectivity index (χ1) is 8.08. The molecule has 0 aliphatic carbocycles. The molecule has 0 aliphatic heterocycles. The van der Waals surface area contributed by atoms with Gasteiger partial charge < -0.3 is 5.11 Å². The quantitative estimate of drug-likeness (QED) is 0.779. The third-order valence-corrected chi connectivity index (χ3v) is 4.52. The van der Waals surface area contributed by atoms with E-state index in [0.717, 1.165) is 8.45 Å². The molecule has 1 aromatic heterocycles. The summed E-state index contributed by atoms with van der Waals surface area (Å²) in [6, 6.07) is 6.73. The molecule has 90 valence electrons. The Labute approximate surface area is 121 Å². The molecule has 2 rings (SSSR count). The topological polar surface area (TPSA) is 20.2 Å². The van der Waals surface area contributed by atoms with Gasteiger partial charge in [0.25, 0.3) is 0 Å². The predicted octanol–water partition coefficient (Wildman–Crippen LogP) is 4.42. The van der Waals surface area contributed by atoms with Crippen LogP contribution in [0.25, 0.3) is 0 Å². The van der Waals surface area contributed by atoms with Crippen LogP contribution in [0.15, 0.2) is 29.6 Å². The van der Waals surface area contributed by atoms with E-state index in [1.165, 1.54) is 6.07 Å². The fraction of sp³-hybridized carbons (Fsp3) is 0.167. The molecular weight excluding hydrogens is 374 g/mol. The normalized spacial score (nSPS) is 12.7. The molecule has 1 aromatic carbocycles. The molecule has 0 amide bonds. The largest absolute Gasteiger partial charge is 0.388 e. The molecule has 0 saturated carbocycles. The number of hydrogen-bond acceptors (Lipinski definition) is 2. The van der Waals surface area contributed by atoms with E-state index in [1.807, 2.05) is 11.4 Å². The van der Waals surface area contributed by atoms with E-state index in [0.29, 0.717) is 5.56 Å². The highest BCUT2D eigenvalue weighted by Gasteiger charge is 2.14. The van der Waals surface area contributed by atoms with Crippen LogP contribution in [0.2, 0.25) is 5.02 Å². The maximum Gasteiger partial charge on any atom is 0.145 e. The van der Waals surface area contributed by atoms with Crippen LogP contribution in [0.3, 0.4) is 0 Å². The first-order valence-corrected chi connectivity index (χ1v) is 7.26. The predicted molar refractivity (Wildman–Crippen MR) is 77.1 cm³/mol. The molecule has 0 bridgehead atoms. The van der Waals surface area contributed by atoms with Crippen molar-refractivity contribution >= 4 is 45.5 Å². The number of aliphatic hydroxyl groups excluding tert-OH is 1. The highest BCUT2D eigenvalue weighted by atomic mass is 127. The van der Waals surface area contributed by atoms with Crippen LogP contribution in [-0.2, 0) is 6.42 Å². The Balaban J connectivity index is 2.18. The first kappa shape index (κ1) is 13.3. The van der Waals surface area contributed by atoms with Crippen molar-refractivity contribution in [2.75, 3.05) is 0 Å². The molecule has 1 heterocycles. The second-order valence-electron chi connectivity index (χ2n) is 3.62. The van der Waals surface area contributed by atoms with Crippen LogP contribution in [0.4, 0.5) is 4.39 Å². The maximum atomic E-state index is 13.6. The van der Waals surface area contributed by atoms with E-state index in [2.05, 4.69) is 22.6 Å². The molecule has 0 saturated heterocycles. The summed E-state index contributed by atoms with van der Waals surface area (Å²) in [5.41, 5.74) is 1.25. The van der Waals surface area contributed by atoms with E-state index < -0.39 is 11.9 Å². The monoisotopic (exact) mass is 382 g/mol. The van der Waals surface area contributed by atoms with Gasteiger partial charge in [-0.1, -0.05) is 23.7 Å². The Morgan fingerprint density at radius 3 is 2.88 bits per heavy atom. The van der Waals surface area contributed by atoms with Gasteiger partial charge in [-0.05, 0) is 51.2 Å². The summed E-state index contributed by atoms with van der Waals surface area (Å²) in [5, 5.41) is 12.0. The van der Waals surface area contributed by atoms with Gasteiger partial charge in [0.2, 0.25) is 0 Å². The van der Waals surface area contributed by atoms with Crippen LogP contribution in [0.5, 0.6) is 0 Å². The number of halogens is 3. The Kier molecular flexibility index (Phi) is 4.41. The number of thiophene rings is 1. The Morgan fingerprint density at radius 2 is 2.24 bits per heavy atom. The summed E-state index contributed by atoms with van der Waals surface area (Å²) in [5.74, 6) is -0.446. The van der Waals surface area contributed by atoms with Gasteiger partial charge in [-0.25, -0.2) is 4.39 Å². The minimum Gasteiger partial charge on any atom is -0.388 e. The summed E-state index contributed by atoms with van der Waals surface area (Å²) in [6.07, 6.45) is -0.457. The van der Waals surface area contributed by atoms with Gasteiger partial charge >= 0.3 is 0 Å². The average Bonchev–Trinajstić information content (AvgIpc) is 2.72. The van der Waals surface area contributed by atoms with Gasteiger partial charge in [0, 0.05) is 6.42 Å². The van der Waals surface area contributed by atoms with E-state index in [4.69, 9.17) is 11.6 Å². The van der Waals surface area contributed by atoms with Crippen molar-refractivity contribution in [2.24, 2.45) is 0 Å². The van der Waals surface area contributed by atoms with Crippen molar-refractivity contribution in [1.82, 2.24) is 0 Å². The molecule has 0 spiro atoms. The molecule has 1 nitrogen and oxygen atoms in total. The number of rotatable bonds is 3. The molecule has 2 aromatic rings. The lowest BCUT2D eigenvalue weighted by Gasteiger charge is -2.10. The standard InChI is InChI=1S/C12H9ClFIOS/c13-9-3-1-2-7(12(9)14)4-10(16)8-5-11(15)17-6-8/h1-3,5-6,10,16H,4H2. The SMILES string of the molecule is OC(Cc1cccc(Cl)c1F)c1csc(I)c1. The lowest BCUT2D eigenvalue weighted by Crippen LogP contribution is -2.02. The maximum absolute atomic E-state index is 13.6. The molecule has 0 radical (unpaired) electrons. The van der Waals surface area contributed by atoms with Crippen molar-refractivity contribution in [3.05, 3.63) is 54.5 Å². The highest BCUT2D eigenvalue weighted by molar-refractivity contribution is 14.1. The minimum atomic E-state index is -0.692. The summed E-state index contributed by atoms with van der Waals surface area (Å²) in [4.78, 5) is 0. The van der Waals surface area contributed by atoms with Crippen molar-refractivity contribution < 1.29 is 9.50 Å². The summed E-state index contributed by atoms with van der Waals surface area (Å²) >= 11 is 9.44. The molecular formula is C12H9ClFIOS. The molecule has 1 N–H and O–H groups in total. The molecule has 5 heteroatoms. The van der Waals surface area contributed by atoms with E-state index >= 15 is 0 Å². The van der Waals surface area contributed by atoms with Crippen LogP contribution in [0.1, 0.15) is 17.2 Å². The average molecular weight is 383 g/mol. The number of hydrogen-bond donors (Lipinski definition) is 1. The van der Waals surface area contributed by atoms with Gasteiger partial charge in [0.15, 0.2) is 0 Å². The molecule has 17 heavy (non-hydrogen) atoms. The summed E-state index contributed by atoms with van der Waals surface area (Å²) < 4.78 is 14.7. The molecule has 1 unspecified atom stereocenters. The van der Waals surface area contributed by atoms with Crippen molar-refractivity contribution in [2.45, 2.75) is 12.5 Å².